The minimum atomic E-state index is -0.297. The van der Waals surface area contributed by atoms with Gasteiger partial charge in [0, 0.05) is 19.4 Å². The van der Waals surface area contributed by atoms with Crippen LogP contribution in [-0.4, -0.2) is 43.5 Å². The van der Waals surface area contributed by atoms with Crippen molar-refractivity contribution in [3.8, 4) is 0 Å². The molecule has 0 N–H and O–H groups in total. The summed E-state index contributed by atoms with van der Waals surface area (Å²) in [6.07, 6.45) is 51.4. The Balaban J connectivity index is 1.60. The molecule has 2 aliphatic rings. The van der Waals surface area contributed by atoms with E-state index in [4.69, 9.17) is 9.47 Å². The molecule has 47 heavy (non-hydrogen) atoms. The van der Waals surface area contributed by atoms with Gasteiger partial charge in [0.1, 0.15) is 0 Å². The highest BCUT2D eigenvalue weighted by molar-refractivity contribution is 4.93. The standard InChI is InChI=1S/C44H83NO2/c1-5-7-9-11-13-15-17-19-21-22-24-26-28-30-32-34-38-44(46-42-36-35-41(40-45(3)4)39-43(42)47-44)37-33-31-29-27-25-23-20-18-16-14-12-10-8-6-2/h13,15,19,21,41-43H,5-12,14,16-18,20,22-40H2,1-4H3/b15-13-,21-19-. The first kappa shape index (κ1) is 42.5. The normalized spacial score (nSPS) is 23.1. The molecule has 0 spiro atoms. The largest absolute Gasteiger partial charge is 0.344 e. The van der Waals surface area contributed by atoms with Gasteiger partial charge in [-0.15, -0.1) is 0 Å². The predicted octanol–water partition coefficient (Wildman–Crippen LogP) is 13.9. The molecule has 1 saturated carbocycles. The fraction of sp³-hybridized carbons (Fsp3) is 0.909. The van der Waals surface area contributed by atoms with E-state index >= 15 is 0 Å². The summed E-state index contributed by atoms with van der Waals surface area (Å²) in [5, 5.41) is 0. The molecule has 2 rings (SSSR count). The molecule has 3 heteroatoms. The summed E-state index contributed by atoms with van der Waals surface area (Å²) >= 11 is 0. The maximum Gasteiger partial charge on any atom is 0.169 e. The van der Waals surface area contributed by atoms with E-state index in [1.165, 1.54) is 186 Å². The van der Waals surface area contributed by atoms with Crippen molar-refractivity contribution in [2.75, 3.05) is 20.6 Å². The van der Waals surface area contributed by atoms with Gasteiger partial charge in [-0.1, -0.05) is 160 Å². The van der Waals surface area contributed by atoms with Crippen molar-refractivity contribution in [1.82, 2.24) is 4.90 Å². The molecule has 0 aromatic heterocycles. The monoisotopic (exact) mass is 658 g/mol. The minimum Gasteiger partial charge on any atom is -0.344 e. The van der Waals surface area contributed by atoms with Crippen LogP contribution in [0.25, 0.3) is 0 Å². The summed E-state index contributed by atoms with van der Waals surface area (Å²) in [7, 11) is 4.42. The van der Waals surface area contributed by atoms with Gasteiger partial charge in [0.15, 0.2) is 5.79 Å². The second-order valence-electron chi connectivity index (χ2n) is 15.8. The molecule has 0 aromatic rings. The van der Waals surface area contributed by atoms with Gasteiger partial charge in [0.05, 0.1) is 12.2 Å². The fourth-order valence-electron chi connectivity index (χ4n) is 8.04. The maximum absolute atomic E-state index is 6.95. The van der Waals surface area contributed by atoms with Crippen LogP contribution < -0.4 is 0 Å². The number of hydrogen-bond acceptors (Lipinski definition) is 3. The van der Waals surface area contributed by atoms with E-state index in [0.29, 0.717) is 12.2 Å². The number of rotatable bonds is 32. The lowest BCUT2D eigenvalue weighted by atomic mass is 9.85. The second-order valence-corrected chi connectivity index (χ2v) is 15.8. The van der Waals surface area contributed by atoms with Crippen LogP contribution in [0.2, 0.25) is 0 Å². The lowest BCUT2D eigenvalue weighted by molar-refractivity contribution is -0.186. The molecule has 1 heterocycles. The Labute approximate surface area is 295 Å². The predicted molar refractivity (Wildman–Crippen MR) is 207 cm³/mol. The smallest absolute Gasteiger partial charge is 0.169 e. The topological polar surface area (TPSA) is 21.7 Å². The lowest BCUT2D eigenvalue weighted by Gasteiger charge is -2.31. The molecule has 276 valence electrons. The first-order valence-corrected chi connectivity index (χ1v) is 21.4. The van der Waals surface area contributed by atoms with Crippen LogP contribution in [0.1, 0.15) is 213 Å². The van der Waals surface area contributed by atoms with Crippen LogP contribution in [-0.2, 0) is 9.47 Å². The van der Waals surface area contributed by atoms with Crippen molar-refractivity contribution in [2.24, 2.45) is 5.92 Å². The number of ether oxygens (including phenoxy) is 2. The first-order chi connectivity index (χ1) is 23.1. The Hall–Kier alpha value is -0.640. The maximum atomic E-state index is 6.95. The molecule has 1 saturated heterocycles. The van der Waals surface area contributed by atoms with Crippen molar-refractivity contribution in [2.45, 2.75) is 231 Å². The molecule has 3 nitrogen and oxygen atoms in total. The summed E-state index contributed by atoms with van der Waals surface area (Å²) in [4.78, 5) is 2.35. The summed E-state index contributed by atoms with van der Waals surface area (Å²) in [6, 6.07) is 0. The van der Waals surface area contributed by atoms with E-state index in [-0.39, 0.29) is 5.79 Å². The van der Waals surface area contributed by atoms with E-state index in [9.17, 15) is 0 Å². The highest BCUT2D eigenvalue weighted by atomic mass is 16.8. The van der Waals surface area contributed by atoms with E-state index in [1.807, 2.05) is 0 Å². The fourth-order valence-corrected chi connectivity index (χ4v) is 8.04. The molecule has 0 amide bonds. The summed E-state index contributed by atoms with van der Waals surface area (Å²) in [5.74, 6) is 0.461. The van der Waals surface area contributed by atoms with Crippen LogP contribution in [0.5, 0.6) is 0 Å². The van der Waals surface area contributed by atoms with Gasteiger partial charge in [-0.05, 0) is 84.2 Å². The average Bonchev–Trinajstić information content (AvgIpc) is 3.42. The Morgan fingerprint density at radius 1 is 0.511 bits per heavy atom. The SMILES string of the molecule is CCCCC/C=C\C/C=C\CCCCCCCCC1(CCCCCCCCCCCCCCCC)OC2CCC(CN(C)C)CC2O1. The van der Waals surface area contributed by atoms with Gasteiger partial charge < -0.3 is 14.4 Å². The summed E-state index contributed by atoms with van der Waals surface area (Å²) in [5.41, 5.74) is 0. The van der Waals surface area contributed by atoms with Crippen LogP contribution in [0.3, 0.4) is 0 Å². The number of nitrogens with zero attached hydrogens (tertiary/aromatic N) is 1. The molecule has 0 radical (unpaired) electrons. The number of unbranched alkanes of at least 4 members (excludes halogenated alkanes) is 22. The number of fused-ring (bicyclic) bond motifs is 1. The molecule has 2 fully saturated rings. The molecule has 4 unspecified atom stereocenters. The molecule has 1 aliphatic heterocycles. The first-order valence-electron chi connectivity index (χ1n) is 21.4. The Morgan fingerprint density at radius 2 is 0.936 bits per heavy atom. The summed E-state index contributed by atoms with van der Waals surface area (Å²) < 4.78 is 13.8. The quantitative estimate of drug-likeness (QED) is 0.0531. The molecule has 0 aromatic carbocycles. The molecule has 0 bridgehead atoms. The van der Waals surface area contributed by atoms with E-state index < -0.39 is 0 Å². The average molecular weight is 658 g/mol. The van der Waals surface area contributed by atoms with Crippen LogP contribution in [0, 0.1) is 5.92 Å². The minimum absolute atomic E-state index is 0.297. The second kappa shape index (κ2) is 29.1. The number of allylic oxidation sites excluding steroid dienone is 4. The zero-order valence-corrected chi connectivity index (χ0v) is 32.4. The Kier molecular flexibility index (Phi) is 26.4. The van der Waals surface area contributed by atoms with Crippen molar-refractivity contribution in [3.63, 3.8) is 0 Å². The zero-order valence-electron chi connectivity index (χ0n) is 32.4. The third-order valence-electron chi connectivity index (χ3n) is 10.9. The molecular weight excluding hydrogens is 574 g/mol. The van der Waals surface area contributed by atoms with E-state index in [1.54, 1.807) is 0 Å². The summed E-state index contributed by atoms with van der Waals surface area (Å²) in [6.45, 7) is 5.77. The Bertz CT molecular complexity index is 747. The van der Waals surface area contributed by atoms with Gasteiger partial charge >= 0.3 is 0 Å². The highest BCUT2D eigenvalue weighted by Gasteiger charge is 2.48. The highest BCUT2D eigenvalue weighted by Crippen LogP contribution is 2.44. The van der Waals surface area contributed by atoms with Crippen LogP contribution >= 0.6 is 0 Å². The third-order valence-corrected chi connectivity index (χ3v) is 10.9. The number of hydrogen-bond donors (Lipinski definition) is 0. The van der Waals surface area contributed by atoms with Crippen molar-refractivity contribution in [1.29, 1.82) is 0 Å². The van der Waals surface area contributed by atoms with Crippen molar-refractivity contribution >= 4 is 0 Å². The van der Waals surface area contributed by atoms with Crippen LogP contribution in [0.15, 0.2) is 24.3 Å². The van der Waals surface area contributed by atoms with Gasteiger partial charge in [0.2, 0.25) is 0 Å². The zero-order chi connectivity index (χ0) is 33.7. The van der Waals surface area contributed by atoms with Gasteiger partial charge in [0.25, 0.3) is 0 Å². The van der Waals surface area contributed by atoms with E-state index in [0.717, 1.165) is 25.2 Å². The third kappa shape index (κ3) is 21.9. The lowest BCUT2D eigenvalue weighted by Crippen LogP contribution is -2.35. The van der Waals surface area contributed by atoms with Gasteiger partial charge in [-0.2, -0.15) is 0 Å². The van der Waals surface area contributed by atoms with Crippen molar-refractivity contribution in [3.05, 3.63) is 24.3 Å². The Morgan fingerprint density at radius 3 is 1.45 bits per heavy atom. The molecular formula is C44H83NO2. The molecule has 4 atom stereocenters. The molecule has 1 aliphatic carbocycles. The van der Waals surface area contributed by atoms with Gasteiger partial charge in [-0.25, -0.2) is 0 Å². The van der Waals surface area contributed by atoms with Crippen LogP contribution in [0.4, 0.5) is 0 Å². The van der Waals surface area contributed by atoms with Gasteiger partial charge in [-0.3, -0.25) is 0 Å². The van der Waals surface area contributed by atoms with Crippen molar-refractivity contribution < 1.29 is 9.47 Å². The van der Waals surface area contributed by atoms with E-state index in [2.05, 4.69) is 57.1 Å².